The van der Waals surface area contributed by atoms with Crippen molar-refractivity contribution in [3.8, 4) is 5.75 Å². The molecular formula is C11H13NO4S. The molecule has 1 aromatic carbocycles. The van der Waals surface area contributed by atoms with Crippen LogP contribution in [0.1, 0.15) is 18.1 Å². The van der Waals surface area contributed by atoms with Gasteiger partial charge in [0.25, 0.3) is 0 Å². The van der Waals surface area contributed by atoms with Gasteiger partial charge in [-0.25, -0.2) is 8.42 Å². The van der Waals surface area contributed by atoms with Gasteiger partial charge >= 0.3 is 5.97 Å². The van der Waals surface area contributed by atoms with Crippen LogP contribution in [0.2, 0.25) is 0 Å². The summed E-state index contributed by atoms with van der Waals surface area (Å²) in [5.74, 6) is 0.189. The third-order valence-corrected chi connectivity index (χ3v) is 3.21. The molecule has 0 saturated carbocycles. The Morgan fingerprint density at radius 1 is 1.41 bits per heavy atom. The SMILES string of the molecule is CC(=O)Oc1cccc2c1CN(C[SH](=O)=O)C2. The van der Waals surface area contributed by atoms with E-state index in [0.29, 0.717) is 18.8 Å². The number of hydrogen-bond donors (Lipinski definition) is 1. The maximum atomic E-state index is 10.9. The minimum atomic E-state index is -2.42. The molecule has 1 heterocycles. The Balaban J connectivity index is 2.22. The summed E-state index contributed by atoms with van der Waals surface area (Å²) in [4.78, 5) is 12.7. The molecule has 0 N–H and O–H groups in total. The van der Waals surface area contributed by atoms with E-state index in [1.165, 1.54) is 6.92 Å². The van der Waals surface area contributed by atoms with Crippen LogP contribution >= 0.6 is 0 Å². The summed E-state index contributed by atoms with van der Waals surface area (Å²) >= 11 is 0. The van der Waals surface area contributed by atoms with Crippen LogP contribution in [0, 0.1) is 0 Å². The van der Waals surface area contributed by atoms with Gasteiger partial charge in [0, 0.05) is 25.6 Å². The van der Waals surface area contributed by atoms with Crippen molar-refractivity contribution in [3.63, 3.8) is 0 Å². The van der Waals surface area contributed by atoms with Gasteiger partial charge in [-0.2, -0.15) is 0 Å². The molecule has 0 amide bonds. The second-order valence-corrected chi connectivity index (χ2v) is 4.90. The van der Waals surface area contributed by atoms with Crippen molar-refractivity contribution in [1.29, 1.82) is 0 Å². The van der Waals surface area contributed by atoms with Crippen LogP contribution in [0.15, 0.2) is 18.2 Å². The Bertz CT molecular complexity index is 516. The normalized spacial score (nSPS) is 14.9. The second-order valence-electron chi connectivity index (χ2n) is 3.95. The molecule has 0 saturated heterocycles. The molecule has 0 spiro atoms. The van der Waals surface area contributed by atoms with Crippen molar-refractivity contribution >= 4 is 16.7 Å². The first-order chi connectivity index (χ1) is 8.06. The third kappa shape index (κ3) is 2.83. The van der Waals surface area contributed by atoms with Crippen LogP contribution in [0.5, 0.6) is 5.75 Å². The number of nitrogens with zero attached hydrogens (tertiary/aromatic N) is 1. The van der Waals surface area contributed by atoms with Gasteiger partial charge in [0.15, 0.2) is 10.7 Å². The zero-order chi connectivity index (χ0) is 12.4. The summed E-state index contributed by atoms with van der Waals surface area (Å²) in [7, 11) is -2.42. The zero-order valence-electron chi connectivity index (χ0n) is 9.38. The van der Waals surface area contributed by atoms with E-state index < -0.39 is 10.7 Å². The van der Waals surface area contributed by atoms with Crippen molar-refractivity contribution in [1.82, 2.24) is 4.90 Å². The third-order valence-electron chi connectivity index (χ3n) is 2.57. The Hall–Kier alpha value is -1.40. The first-order valence-corrected chi connectivity index (χ1v) is 6.56. The second kappa shape index (κ2) is 4.85. The topological polar surface area (TPSA) is 63.7 Å². The first kappa shape index (κ1) is 12.1. The standard InChI is InChI=1S/C11H13NO4S/c1-8(13)16-11-4-2-3-9-5-12(6-10(9)11)7-17(14)15/h2-4,17H,5-7H2,1H3. The lowest BCUT2D eigenvalue weighted by Crippen LogP contribution is -2.18. The van der Waals surface area contributed by atoms with Gasteiger partial charge in [0.1, 0.15) is 5.75 Å². The lowest BCUT2D eigenvalue weighted by molar-refractivity contribution is -0.131. The van der Waals surface area contributed by atoms with E-state index in [2.05, 4.69) is 0 Å². The van der Waals surface area contributed by atoms with Gasteiger partial charge in [0.2, 0.25) is 0 Å². The lowest BCUT2D eigenvalue weighted by Gasteiger charge is -2.09. The minimum absolute atomic E-state index is 0.0313. The zero-order valence-corrected chi connectivity index (χ0v) is 10.3. The van der Waals surface area contributed by atoms with Crippen molar-refractivity contribution in [3.05, 3.63) is 29.3 Å². The molecule has 0 aliphatic carbocycles. The van der Waals surface area contributed by atoms with Gasteiger partial charge in [-0.05, 0) is 11.6 Å². The number of ether oxygens (including phenoxy) is 1. The van der Waals surface area contributed by atoms with Gasteiger partial charge in [-0.1, -0.05) is 12.1 Å². The van der Waals surface area contributed by atoms with E-state index in [9.17, 15) is 13.2 Å². The number of carbonyl (C=O) groups excluding carboxylic acids is 1. The summed E-state index contributed by atoms with van der Waals surface area (Å²) in [6.45, 7) is 2.43. The molecule has 1 aliphatic heterocycles. The van der Waals surface area contributed by atoms with Gasteiger partial charge in [0.05, 0.1) is 5.88 Å². The largest absolute Gasteiger partial charge is 0.426 e. The molecular weight excluding hydrogens is 242 g/mol. The van der Waals surface area contributed by atoms with E-state index >= 15 is 0 Å². The predicted octanol–water partition coefficient (Wildman–Crippen LogP) is 0.496. The van der Waals surface area contributed by atoms with Gasteiger partial charge < -0.3 is 4.74 Å². The molecule has 0 bridgehead atoms. The first-order valence-electron chi connectivity index (χ1n) is 5.19. The Morgan fingerprint density at radius 2 is 2.18 bits per heavy atom. The summed E-state index contributed by atoms with van der Waals surface area (Å²) in [6.07, 6.45) is 0. The molecule has 0 radical (unpaired) electrons. The van der Waals surface area contributed by atoms with E-state index in [1.807, 2.05) is 6.07 Å². The highest BCUT2D eigenvalue weighted by Gasteiger charge is 2.23. The molecule has 92 valence electrons. The number of hydrogen-bond acceptors (Lipinski definition) is 5. The van der Waals surface area contributed by atoms with Gasteiger partial charge in [-0.3, -0.25) is 9.69 Å². The van der Waals surface area contributed by atoms with Crippen LogP contribution in [-0.4, -0.2) is 25.2 Å². The molecule has 17 heavy (non-hydrogen) atoms. The van der Waals surface area contributed by atoms with E-state index in [0.717, 1.165) is 11.1 Å². The number of benzene rings is 1. The number of carbonyl (C=O) groups is 1. The summed E-state index contributed by atoms with van der Waals surface area (Å²) in [5, 5.41) is 0. The number of fused-ring (bicyclic) bond motifs is 1. The molecule has 2 rings (SSSR count). The number of esters is 1. The monoisotopic (exact) mass is 255 g/mol. The molecule has 0 fully saturated rings. The molecule has 0 aromatic heterocycles. The fourth-order valence-electron chi connectivity index (χ4n) is 1.97. The minimum Gasteiger partial charge on any atom is -0.426 e. The van der Waals surface area contributed by atoms with Crippen molar-refractivity contribution in [2.45, 2.75) is 20.0 Å². The van der Waals surface area contributed by atoms with Crippen LogP contribution < -0.4 is 4.74 Å². The molecule has 1 aliphatic rings. The van der Waals surface area contributed by atoms with Crippen molar-refractivity contribution in [2.24, 2.45) is 0 Å². The highest BCUT2D eigenvalue weighted by atomic mass is 32.2. The van der Waals surface area contributed by atoms with E-state index in [4.69, 9.17) is 4.74 Å². The number of thiol groups is 1. The van der Waals surface area contributed by atoms with Crippen molar-refractivity contribution in [2.75, 3.05) is 5.88 Å². The van der Waals surface area contributed by atoms with E-state index in [-0.39, 0.29) is 11.8 Å². The van der Waals surface area contributed by atoms with Crippen LogP contribution in [0.4, 0.5) is 0 Å². The van der Waals surface area contributed by atoms with Crippen LogP contribution in [0.3, 0.4) is 0 Å². The maximum absolute atomic E-state index is 10.9. The fourth-order valence-corrected chi connectivity index (χ4v) is 2.50. The predicted molar refractivity (Wildman–Crippen MR) is 62.2 cm³/mol. The Labute approximate surface area is 101 Å². The number of rotatable bonds is 3. The lowest BCUT2D eigenvalue weighted by atomic mass is 10.1. The molecule has 1 aromatic rings. The molecule has 0 atom stereocenters. The molecule has 5 nitrogen and oxygen atoms in total. The molecule has 6 heteroatoms. The average molecular weight is 255 g/mol. The fraction of sp³-hybridized carbons (Fsp3) is 0.364. The maximum Gasteiger partial charge on any atom is 0.308 e. The smallest absolute Gasteiger partial charge is 0.308 e. The van der Waals surface area contributed by atoms with E-state index in [1.54, 1.807) is 17.0 Å². The summed E-state index contributed by atoms with van der Waals surface area (Å²) in [6, 6.07) is 5.44. The summed E-state index contributed by atoms with van der Waals surface area (Å²) < 4.78 is 26.5. The summed E-state index contributed by atoms with van der Waals surface area (Å²) in [5.41, 5.74) is 1.92. The Kier molecular flexibility index (Phi) is 3.44. The molecule has 0 unspecified atom stereocenters. The Morgan fingerprint density at radius 3 is 2.82 bits per heavy atom. The van der Waals surface area contributed by atoms with Gasteiger partial charge in [-0.15, -0.1) is 0 Å². The van der Waals surface area contributed by atoms with Crippen molar-refractivity contribution < 1.29 is 17.9 Å². The van der Waals surface area contributed by atoms with Crippen LogP contribution in [-0.2, 0) is 28.6 Å². The quantitative estimate of drug-likeness (QED) is 0.484. The average Bonchev–Trinajstić information content (AvgIpc) is 2.59. The van der Waals surface area contributed by atoms with Crippen LogP contribution in [0.25, 0.3) is 0 Å². The highest BCUT2D eigenvalue weighted by Crippen LogP contribution is 2.30. The highest BCUT2D eigenvalue weighted by molar-refractivity contribution is 7.72.